The van der Waals surface area contributed by atoms with Gasteiger partial charge in [0.05, 0.1) is 0 Å². The van der Waals surface area contributed by atoms with E-state index in [0.717, 1.165) is 25.7 Å². The summed E-state index contributed by atoms with van der Waals surface area (Å²) in [5, 5.41) is 0. The number of carbonyl (C=O) groups excluding carboxylic acids is 2. The van der Waals surface area contributed by atoms with Crippen LogP contribution in [0.2, 0.25) is 0 Å². The lowest BCUT2D eigenvalue weighted by molar-refractivity contribution is -0.131. The van der Waals surface area contributed by atoms with E-state index in [9.17, 15) is 9.59 Å². The number of fused-ring (bicyclic) bond motifs is 3. The maximum Gasteiger partial charge on any atom is 0.155 e. The van der Waals surface area contributed by atoms with Gasteiger partial charge in [0.1, 0.15) is 5.78 Å². The zero-order chi connectivity index (χ0) is 16.9. The van der Waals surface area contributed by atoms with Crippen LogP contribution >= 0.6 is 0 Å². The lowest BCUT2D eigenvalue weighted by Gasteiger charge is -2.58. The summed E-state index contributed by atoms with van der Waals surface area (Å²) >= 11 is 0. The van der Waals surface area contributed by atoms with Crippen LogP contribution in [-0.4, -0.2) is 11.6 Å². The molecule has 3 aliphatic carbocycles. The zero-order valence-electron chi connectivity index (χ0n) is 14.7. The first-order valence-electron chi connectivity index (χ1n) is 9.31. The normalized spacial score (nSPS) is 39.0. The lowest BCUT2D eigenvalue weighted by atomic mass is 9.45. The second kappa shape index (κ2) is 5.40. The molecule has 2 nitrogen and oxygen atoms in total. The van der Waals surface area contributed by atoms with Crippen molar-refractivity contribution in [3.05, 3.63) is 47.5 Å². The van der Waals surface area contributed by atoms with Crippen molar-refractivity contribution < 1.29 is 9.59 Å². The predicted molar refractivity (Wildman–Crippen MR) is 94.7 cm³/mol. The summed E-state index contributed by atoms with van der Waals surface area (Å²) < 4.78 is 0. The van der Waals surface area contributed by atoms with Crippen LogP contribution in [0.4, 0.5) is 0 Å². The van der Waals surface area contributed by atoms with Crippen LogP contribution in [0.1, 0.15) is 57.9 Å². The third kappa shape index (κ3) is 2.08. The Morgan fingerprint density at radius 1 is 1.00 bits per heavy atom. The summed E-state index contributed by atoms with van der Waals surface area (Å²) in [4.78, 5) is 24.6. The highest BCUT2D eigenvalue weighted by molar-refractivity contribution is 5.93. The van der Waals surface area contributed by atoms with E-state index in [0.29, 0.717) is 24.5 Å². The van der Waals surface area contributed by atoms with Crippen molar-refractivity contribution >= 4 is 11.6 Å². The van der Waals surface area contributed by atoms with Crippen molar-refractivity contribution in [1.29, 1.82) is 0 Å². The standard InChI is InChI=1S/C22H26O2/c1-15-18-9-13-22(16-6-4-3-5-7-16)12-8-17(23)14-20(22)21(18,2)11-10-19(15)24/h3-7,14-15,18H,8-13H2,1-2H3/t15-,18+,21+,22?/m1/s1. The van der Waals surface area contributed by atoms with E-state index in [1.54, 1.807) is 0 Å². The summed E-state index contributed by atoms with van der Waals surface area (Å²) in [7, 11) is 0. The summed E-state index contributed by atoms with van der Waals surface area (Å²) in [6, 6.07) is 10.7. The molecule has 1 unspecified atom stereocenters. The van der Waals surface area contributed by atoms with E-state index in [4.69, 9.17) is 0 Å². The lowest BCUT2D eigenvalue weighted by Crippen LogP contribution is -2.53. The maximum atomic E-state index is 12.3. The first-order valence-corrected chi connectivity index (χ1v) is 9.31. The summed E-state index contributed by atoms with van der Waals surface area (Å²) in [6.07, 6.45) is 7.24. The maximum absolute atomic E-state index is 12.3. The van der Waals surface area contributed by atoms with E-state index in [1.165, 1.54) is 11.1 Å². The molecule has 0 N–H and O–H groups in total. The van der Waals surface area contributed by atoms with Crippen molar-refractivity contribution in [3.63, 3.8) is 0 Å². The zero-order valence-corrected chi connectivity index (χ0v) is 14.7. The monoisotopic (exact) mass is 322 g/mol. The predicted octanol–water partition coefficient (Wildman–Crippen LogP) is 4.63. The molecule has 0 aliphatic heterocycles. The quantitative estimate of drug-likeness (QED) is 0.755. The van der Waals surface area contributed by atoms with Crippen LogP contribution in [0.15, 0.2) is 42.0 Å². The Labute approximate surface area is 144 Å². The van der Waals surface area contributed by atoms with Crippen molar-refractivity contribution in [2.24, 2.45) is 17.3 Å². The molecule has 0 spiro atoms. The van der Waals surface area contributed by atoms with Crippen LogP contribution < -0.4 is 0 Å². The fraction of sp³-hybridized carbons (Fsp3) is 0.545. The van der Waals surface area contributed by atoms with Gasteiger partial charge < -0.3 is 0 Å². The molecule has 1 aromatic carbocycles. The molecule has 0 bridgehead atoms. The van der Waals surface area contributed by atoms with Gasteiger partial charge in [0.2, 0.25) is 0 Å². The summed E-state index contributed by atoms with van der Waals surface area (Å²) in [6.45, 7) is 4.42. The van der Waals surface area contributed by atoms with E-state index >= 15 is 0 Å². The van der Waals surface area contributed by atoms with Crippen molar-refractivity contribution in [1.82, 2.24) is 0 Å². The van der Waals surface area contributed by atoms with Gasteiger partial charge in [-0.25, -0.2) is 0 Å². The first-order chi connectivity index (χ1) is 11.5. The molecule has 2 saturated carbocycles. The Morgan fingerprint density at radius 2 is 1.75 bits per heavy atom. The average Bonchev–Trinajstić information content (AvgIpc) is 2.60. The number of allylic oxidation sites excluding steroid dienone is 2. The smallest absolute Gasteiger partial charge is 0.155 e. The van der Waals surface area contributed by atoms with Gasteiger partial charge in [-0.1, -0.05) is 44.2 Å². The number of Topliss-reactive ketones (excluding diaryl/α,β-unsaturated/α-hetero) is 1. The van der Waals surface area contributed by atoms with Gasteiger partial charge >= 0.3 is 0 Å². The van der Waals surface area contributed by atoms with E-state index in [1.807, 2.05) is 6.08 Å². The molecule has 2 heteroatoms. The molecule has 4 atom stereocenters. The number of carbonyl (C=O) groups is 2. The Bertz CT molecular complexity index is 717. The van der Waals surface area contributed by atoms with Gasteiger partial charge in [-0.2, -0.15) is 0 Å². The van der Waals surface area contributed by atoms with E-state index in [2.05, 4.69) is 44.2 Å². The number of hydrogen-bond donors (Lipinski definition) is 0. The Morgan fingerprint density at radius 3 is 2.50 bits per heavy atom. The topological polar surface area (TPSA) is 34.1 Å². The summed E-state index contributed by atoms with van der Waals surface area (Å²) in [5.41, 5.74) is 2.67. The van der Waals surface area contributed by atoms with Gasteiger partial charge in [-0.3, -0.25) is 9.59 Å². The molecule has 0 saturated heterocycles. The molecule has 0 amide bonds. The second-order valence-electron chi connectivity index (χ2n) is 8.29. The number of ketones is 2. The minimum Gasteiger partial charge on any atom is -0.299 e. The molecule has 0 radical (unpaired) electrons. The van der Waals surface area contributed by atoms with Crippen molar-refractivity contribution in [3.8, 4) is 0 Å². The van der Waals surface area contributed by atoms with Gasteiger partial charge in [-0.15, -0.1) is 0 Å². The fourth-order valence-corrected chi connectivity index (χ4v) is 5.89. The molecule has 0 heterocycles. The molecule has 2 fully saturated rings. The SMILES string of the molecule is C[C@H]1C(=O)CC[C@]2(C)C3=CC(=O)CCC3(c3ccccc3)CC[C@@H]12. The molecule has 0 aromatic heterocycles. The third-order valence-electron chi connectivity index (χ3n) is 7.26. The minimum atomic E-state index is -0.0164. The van der Waals surface area contributed by atoms with Crippen LogP contribution in [0.3, 0.4) is 0 Å². The molecule has 4 rings (SSSR count). The Balaban J connectivity index is 1.87. The average molecular weight is 322 g/mol. The van der Waals surface area contributed by atoms with Gasteiger partial charge in [-0.05, 0) is 54.2 Å². The number of hydrogen-bond acceptors (Lipinski definition) is 2. The minimum absolute atomic E-state index is 0.000523. The Kier molecular flexibility index (Phi) is 3.56. The van der Waals surface area contributed by atoms with E-state index < -0.39 is 0 Å². The van der Waals surface area contributed by atoms with Gasteiger partial charge in [0.25, 0.3) is 0 Å². The summed E-state index contributed by atoms with van der Waals surface area (Å²) in [5.74, 6) is 1.18. The third-order valence-corrected chi connectivity index (χ3v) is 7.26. The first kappa shape index (κ1) is 15.8. The highest BCUT2D eigenvalue weighted by Gasteiger charge is 2.56. The molecule has 24 heavy (non-hydrogen) atoms. The van der Waals surface area contributed by atoms with E-state index in [-0.39, 0.29) is 22.5 Å². The molecule has 1 aromatic rings. The van der Waals surface area contributed by atoms with Crippen molar-refractivity contribution in [2.45, 2.75) is 57.8 Å². The number of benzene rings is 1. The van der Waals surface area contributed by atoms with Gasteiger partial charge in [0.15, 0.2) is 5.78 Å². The largest absolute Gasteiger partial charge is 0.299 e. The van der Waals surface area contributed by atoms with Crippen LogP contribution in [0, 0.1) is 17.3 Å². The Hall–Kier alpha value is -1.70. The second-order valence-corrected chi connectivity index (χ2v) is 8.29. The molecule has 126 valence electrons. The molecular weight excluding hydrogens is 296 g/mol. The van der Waals surface area contributed by atoms with Crippen LogP contribution in [-0.2, 0) is 15.0 Å². The molecular formula is C22H26O2. The molecule has 3 aliphatic rings. The fourth-order valence-electron chi connectivity index (χ4n) is 5.89. The highest BCUT2D eigenvalue weighted by Crippen LogP contribution is 2.62. The highest BCUT2D eigenvalue weighted by atomic mass is 16.1. The van der Waals surface area contributed by atoms with Crippen molar-refractivity contribution in [2.75, 3.05) is 0 Å². The van der Waals surface area contributed by atoms with Crippen LogP contribution in [0.5, 0.6) is 0 Å². The van der Waals surface area contributed by atoms with Gasteiger partial charge in [0, 0.05) is 24.2 Å². The number of rotatable bonds is 1. The van der Waals surface area contributed by atoms with Crippen LogP contribution in [0.25, 0.3) is 0 Å².